The van der Waals surface area contributed by atoms with Gasteiger partial charge in [-0.1, -0.05) is 61.5 Å². The molecule has 0 saturated heterocycles. The first-order valence-electron chi connectivity index (χ1n) is 10.2. The van der Waals surface area contributed by atoms with Gasteiger partial charge in [0.1, 0.15) is 18.1 Å². The highest BCUT2D eigenvalue weighted by atomic mass is 127. The van der Waals surface area contributed by atoms with E-state index >= 15 is 0 Å². The predicted molar refractivity (Wildman–Crippen MR) is 135 cm³/mol. The Kier molecular flexibility index (Phi) is 8.12. The molecule has 0 fully saturated rings. The average molecular weight is 527 g/mol. The van der Waals surface area contributed by atoms with Crippen molar-refractivity contribution in [1.29, 1.82) is 0 Å². The van der Waals surface area contributed by atoms with Crippen LogP contribution in [-0.4, -0.2) is 34.1 Å². The van der Waals surface area contributed by atoms with E-state index in [1.54, 1.807) is 46.7 Å². The zero-order valence-corrected chi connectivity index (χ0v) is 19.9. The number of amides is 1. The monoisotopic (exact) mass is 527 g/mol. The van der Waals surface area contributed by atoms with E-state index in [1.165, 1.54) is 11.1 Å². The van der Waals surface area contributed by atoms with Crippen molar-refractivity contribution in [2.24, 2.45) is 0 Å². The number of hydrogen-bond donors (Lipinski definition) is 1. The average Bonchev–Trinajstić information content (AvgIpc) is 2.79. The van der Waals surface area contributed by atoms with E-state index in [-0.39, 0.29) is 9.66 Å². The van der Waals surface area contributed by atoms with E-state index in [4.69, 9.17) is 4.74 Å². The molecule has 160 valence electrons. The second-order valence-corrected chi connectivity index (χ2v) is 8.09. The first-order valence-corrected chi connectivity index (χ1v) is 11.3. The summed E-state index contributed by atoms with van der Waals surface area (Å²) in [6.45, 7) is 3.14. The number of benzene rings is 3. The van der Waals surface area contributed by atoms with E-state index in [0.29, 0.717) is 13.2 Å². The van der Waals surface area contributed by atoms with Gasteiger partial charge in [-0.2, -0.15) is 0 Å². The van der Waals surface area contributed by atoms with Crippen molar-refractivity contribution in [1.82, 2.24) is 4.90 Å². The number of hydrogen-bond acceptors (Lipinski definition) is 3. The predicted octanol–water partition coefficient (Wildman–Crippen LogP) is 6.63. The lowest BCUT2D eigenvalue weighted by Crippen LogP contribution is -2.25. The van der Waals surface area contributed by atoms with Crippen LogP contribution in [0.5, 0.6) is 11.5 Å². The highest BCUT2D eigenvalue weighted by molar-refractivity contribution is 14.1. The molecule has 0 aromatic heterocycles. The quantitative estimate of drug-likeness (QED) is 0.155. The SMILES string of the molecule is CC/C(=C(\c1ccc(O)cc1)c1ccc(OCCN(C)C(=O)I)cc1)c1ccccc1. The Morgan fingerprint density at radius 3 is 2.03 bits per heavy atom. The van der Waals surface area contributed by atoms with Gasteiger partial charge in [0, 0.05) is 29.6 Å². The Hall–Kier alpha value is -2.80. The van der Waals surface area contributed by atoms with Crippen LogP contribution in [0.15, 0.2) is 78.9 Å². The third-order valence-electron chi connectivity index (χ3n) is 5.07. The van der Waals surface area contributed by atoms with E-state index in [1.807, 2.05) is 42.5 Å². The van der Waals surface area contributed by atoms with Crippen LogP contribution in [0.3, 0.4) is 0 Å². The molecule has 3 rings (SSSR count). The first kappa shape index (κ1) is 22.9. The van der Waals surface area contributed by atoms with Crippen molar-refractivity contribution >= 4 is 37.7 Å². The summed E-state index contributed by atoms with van der Waals surface area (Å²) in [5.41, 5.74) is 5.69. The molecule has 31 heavy (non-hydrogen) atoms. The third-order valence-corrected chi connectivity index (χ3v) is 5.90. The van der Waals surface area contributed by atoms with Crippen LogP contribution in [0.25, 0.3) is 11.1 Å². The molecule has 3 aromatic rings. The molecule has 0 aliphatic rings. The molecule has 0 saturated carbocycles. The summed E-state index contributed by atoms with van der Waals surface area (Å²) >= 11 is 1.77. The fourth-order valence-electron chi connectivity index (χ4n) is 3.41. The molecule has 0 unspecified atom stereocenters. The number of phenolic OH excluding ortho intramolecular Hbond substituents is 1. The Morgan fingerprint density at radius 2 is 1.48 bits per heavy atom. The molecular formula is C26H26INO3. The minimum absolute atomic E-state index is 0.00627. The lowest BCUT2D eigenvalue weighted by atomic mass is 9.88. The molecular weight excluding hydrogens is 501 g/mol. The van der Waals surface area contributed by atoms with Gasteiger partial charge in [0.25, 0.3) is 3.91 Å². The van der Waals surface area contributed by atoms with Crippen LogP contribution < -0.4 is 4.74 Å². The van der Waals surface area contributed by atoms with Crippen LogP contribution in [0.1, 0.15) is 30.0 Å². The van der Waals surface area contributed by atoms with E-state index in [9.17, 15) is 9.90 Å². The molecule has 5 heteroatoms. The summed E-state index contributed by atoms with van der Waals surface area (Å²) in [6, 6.07) is 25.7. The Bertz CT molecular complexity index is 1030. The molecule has 0 heterocycles. The molecule has 0 aliphatic heterocycles. The van der Waals surface area contributed by atoms with Crippen molar-refractivity contribution in [3.05, 3.63) is 95.6 Å². The number of ether oxygens (including phenoxy) is 1. The molecule has 1 N–H and O–H groups in total. The summed E-state index contributed by atoms with van der Waals surface area (Å²) in [7, 11) is 1.76. The van der Waals surface area contributed by atoms with E-state index in [2.05, 4.69) is 31.2 Å². The van der Waals surface area contributed by atoms with E-state index in [0.717, 1.165) is 28.9 Å². The molecule has 0 atom stereocenters. The van der Waals surface area contributed by atoms with Gasteiger partial charge in [-0.15, -0.1) is 0 Å². The molecule has 0 spiro atoms. The van der Waals surface area contributed by atoms with Gasteiger partial charge in [0.2, 0.25) is 0 Å². The number of carbonyl (C=O) groups is 1. The normalized spacial score (nSPS) is 11.6. The van der Waals surface area contributed by atoms with Crippen LogP contribution in [0, 0.1) is 0 Å². The second kappa shape index (κ2) is 11.0. The summed E-state index contributed by atoms with van der Waals surface area (Å²) in [4.78, 5) is 12.9. The lowest BCUT2D eigenvalue weighted by molar-refractivity contribution is 0.220. The standard InChI is InChI=1S/C26H26INO3/c1-3-24(19-7-5-4-6-8-19)25(20-9-13-22(29)14-10-20)21-11-15-23(16-12-21)31-18-17-28(2)26(27)30/h4-16,29H,3,17-18H2,1-2H3/b25-24-. The first-order chi connectivity index (χ1) is 15.0. The van der Waals surface area contributed by atoms with Gasteiger partial charge in [-0.3, -0.25) is 4.79 Å². The molecule has 4 nitrogen and oxygen atoms in total. The molecule has 1 amide bonds. The second-order valence-electron chi connectivity index (χ2n) is 7.17. The molecule has 0 radical (unpaired) electrons. The Balaban J connectivity index is 1.94. The number of rotatable bonds is 8. The van der Waals surface area contributed by atoms with Gasteiger partial charge in [0.05, 0.1) is 6.54 Å². The van der Waals surface area contributed by atoms with Gasteiger partial charge in [0.15, 0.2) is 0 Å². The Labute approximate surface area is 197 Å². The van der Waals surface area contributed by atoms with Gasteiger partial charge in [-0.05, 0) is 58.5 Å². The maximum absolute atomic E-state index is 11.3. The molecule has 3 aromatic carbocycles. The van der Waals surface area contributed by atoms with Gasteiger partial charge < -0.3 is 14.7 Å². The number of likely N-dealkylation sites (N-methyl/N-ethyl adjacent to an activating group) is 1. The highest BCUT2D eigenvalue weighted by Gasteiger charge is 2.13. The summed E-state index contributed by atoms with van der Waals surface area (Å²) in [5, 5.41) is 9.76. The van der Waals surface area contributed by atoms with Crippen LogP contribution in [0.4, 0.5) is 4.79 Å². The zero-order valence-electron chi connectivity index (χ0n) is 17.7. The van der Waals surface area contributed by atoms with Crippen LogP contribution in [0.2, 0.25) is 0 Å². The van der Waals surface area contributed by atoms with Crippen molar-refractivity contribution in [3.63, 3.8) is 0 Å². The van der Waals surface area contributed by atoms with Crippen molar-refractivity contribution in [2.45, 2.75) is 13.3 Å². The number of nitrogens with zero attached hydrogens (tertiary/aromatic N) is 1. The number of carbonyl (C=O) groups excluding carboxylic acids is 1. The number of phenols is 1. The summed E-state index contributed by atoms with van der Waals surface area (Å²) in [5.74, 6) is 1.01. The molecule has 0 aliphatic carbocycles. The highest BCUT2D eigenvalue weighted by Crippen LogP contribution is 2.35. The molecule has 0 bridgehead atoms. The minimum atomic E-state index is -0.00627. The largest absolute Gasteiger partial charge is 0.508 e. The third kappa shape index (κ3) is 6.10. The van der Waals surface area contributed by atoms with Crippen molar-refractivity contribution < 1.29 is 14.6 Å². The summed E-state index contributed by atoms with van der Waals surface area (Å²) in [6.07, 6.45) is 0.870. The fraction of sp³-hybridized carbons (Fsp3) is 0.192. The Morgan fingerprint density at radius 1 is 0.903 bits per heavy atom. The minimum Gasteiger partial charge on any atom is -0.508 e. The van der Waals surface area contributed by atoms with Crippen LogP contribution >= 0.6 is 22.6 Å². The van der Waals surface area contributed by atoms with Gasteiger partial charge >= 0.3 is 0 Å². The topological polar surface area (TPSA) is 49.8 Å². The number of halogens is 1. The fourth-order valence-corrected chi connectivity index (χ4v) is 3.66. The zero-order chi connectivity index (χ0) is 22.2. The number of allylic oxidation sites excluding steroid dienone is 1. The van der Waals surface area contributed by atoms with Crippen molar-refractivity contribution in [2.75, 3.05) is 20.2 Å². The number of aromatic hydroxyl groups is 1. The van der Waals surface area contributed by atoms with Gasteiger partial charge in [-0.25, -0.2) is 0 Å². The van der Waals surface area contributed by atoms with E-state index < -0.39 is 0 Å². The maximum atomic E-state index is 11.3. The van der Waals surface area contributed by atoms with Crippen molar-refractivity contribution in [3.8, 4) is 11.5 Å². The van der Waals surface area contributed by atoms with Crippen LogP contribution in [-0.2, 0) is 0 Å². The smallest absolute Gasteiger partial charge is 0.283 e. The lowest BCUT2D eigenvalue weighted by Gasteiger charge is -2.17. The summed E-state index contributed by atoms with van der Waals surface area (Å²) < 4.78 is 5.80. The maximum Gasteiger partial charge on any atom is 0.283 e.